The van der Waals surface area contributed by atoms with Crippen molar-refractivity contribution in [1.29, 1.82) is 0 Å². The molecule has 0 aliphatic carbocycles. The van der Waals surface area contributed by atoms with E-state index in [1.165, 1.54) is 22.3 Å². The van der Waals surface area contributed by atoms with Crippen molar-refractivity contribution < 1.29 is 4.74 Å². The van der Waals surface area contributed by atoms with Gasteiger partial charge in [0, 0.05) is 4.47 Å². The summed E-state index contributed by atoms with van der Waals surface area (Å²) in [5.74, 6) is 0.935. The molecule has 0 N–H and O–H groups in total. The maximum atomic E-state index is 5.73. The summed E-state index contributed by atoms with van der Waals surface area (Å²) in [5.41, 5.74) is 5.03. The molecule has 3 heteroatoms. The van der Waals surface area contributed by atoms with Gasteiger partial charge in [0.05, 0.1) is 11.4 Å². The molecule has 0 aliphatic rings. The van der Waals surface area contributed by atoms with Gasteiger partial charge in [0.15, 0.2) is 0 Å². The molecular formula is C18H20Br2O. The van der Waals surface area contributed by atoms with Crippen molar-refractivity contribution in [3.05, 3.63) is 63.1 Å². The second-order valence-electron chi connectivity index (χ2n) is 5.24. The van der Waals surface area contributed by atoms with Crippen LogP contribution in [0.3, 0.4) is 0 Å². The van der Waals surface area contributed by atoms with Crippen molar-refractivity contribution in [3.63, 3.8) is 0 Å². The molecule has 0 radical (unpaired) electrons. The molecule has 0 heterocycles. The summed E-state index contributed by atoms with van der Waals surface area (Å²) >= 11 is 7.43. The second-order valence-corrected chi connectivity index (χ2v) is 7.01. The van der Waals surface area contributed by atoms with E-state index in [2.05, 4.69) is 83.0 Å². The number of aryl methyl sites for hydroxylation is 2. The van der Waals surface area contributed by atoms with Crippen LogP contribution in [0.2, 0.25) is 0 Å². The average Bonchev–Trinajstić information content (AvgIpc) is 2.48. The lowest BCUT2D eigenvalue weighted by Gasteiger charge is -2.16. The zero-order chi connectivity index (χ0) is 15.4. The Balaban J connectivity index is 2.31. The van der Waals surface area contributed by atoms with Crippen LogP contribution in [-0.2, 0) is 0 Å². The Morgan fingerprint density at radius 3 is 2.57 bits per heavy atom. The minimum atomic E-state index is 0.175. The van der Waals surface area contributed by atoms with Crippen molar-refractivity contribution in [1.82, 2.24) is 0 Å². The molecular weight excluding hydrogens is 392 g/mol. The largest absolute Gasteiger partial charge is 0.494 e. The Kier molecular flexibility index (Phi) is 5.88. The van der Waals surface area contributed by atoms with Crippen LogP contribution in [0.5, 0.6) is 5.75 Å². The van der Waals surface area contributed by atoms with Gasteiger partial charge in [0.1, 0.15) is 5.75 Å². The van der Waals surface area contributed by atoms with Gasteiger partial charge in [-0.25, -0.2) is 0 Å². The van der Waals surface area contributed by atoms with E-state index in [0.717, 1.165) is 23.2 Å². The Labute approximate surface area is 144 Å². The molecule has 0 fully saturated rings. The van der Waals surface area contributed by atoms with E-state index in [4.69, 9.17) is 4.74 Å². The predicted molar refractivity (Wildman–Crippen MR) is 96.6 cm³/mol. The van der Waals surface area contributed by atoms with Crippen LogP contribution in [-0.4, -0.2) is 6.61 Å². The van der Waals surface area contributed by atoms with Gasteiger partial charge in [-0.2, -0.15) is 0 Å². The first-order valence-electron chi connectivity index (χ1n) is 7.16. The molecule has 2 aromatic rings. The van der Waals surface area contributed by atoms with E-state index in [1.54, 1.807) is 0 Å². The highest BCUT2D eigenvalue weighted by molar-refractivity contribution is 9.10. The number of alkyl halides is 1. The Morgan fingerprint density at radius 1 is 1.10 bits per heavy atom. The van der Waals surface area contributed by atoms with Gasteiger partial charge in [-0.15, -0.1) is 0 Å². The van der Waals surface area contributed by atoms with Crippen LogP contribution in [0.25, 0.3) is 0 Å². The van der Waals surface area contributed by atoms with Crippen LogP contribution in [0, 0.1) is 13.8 Å². The zero-order valence-corrected chi connectivity index (χ0v) is 15.8. The van der Waals surface area contributed by atoms with Gasteiger partial charge in [0.25, 0.3) is 0 Å². The van der Waals surface area contributed by atoms with Crippen LogP contribution < -0.4 is 4.74 Å². The van der Waals surface area contributed by atoms with Gasteiger partial charge in [-0.3, -0.25) is 0 Å². The fourth-order valence-corrected chi connectivity index (χ4v) is 3.47. The summed E-state index contributed by atoms with van der Waals surface area (Å²) in [7, 11) is 0. The first-order chi connectivity index (χ1) is 10.0. The van der Waals surface area contributed by atoms with E-state index in [0.29, 0.717) is 0 Å². The standard InChI is InChI=1S/C18H20Br2O/c1-4-8-21-15-7-5-6-14(11-15)18(20)16-9-13(3)17(19)10-12(16)2/h5-7,9-11,18H,4,8H2,1-3H3. The van der Waals surface area contributed by atoms with Crippen molar-refractivity contribution in [2.75, 3.05) is 6.61 Å². The Bertz CT molecular complexity index is 623. The predicted octanol–water partition coefficient (Wildman–Crippen LogP) is 6.34. The summed E-state index contributed by atoms with van der Waals surface area (Å²) in [5, 5.41) is 0. The molecule has 0 saturated heterocycles. The molecule has 112 valence electrons. The maximum Gasteiger partial charge on any atom is 0.119 e. The minimum absolute atomic E-state index is 0.175. The monoisotopic (exact) mass is 410 g/mol. The lowest BCUT2D eigenvalue weighted by molar-refractivity contribution is 0.317. The Hall–Kier alpha value is -0.800. The van der Waals surface area contributed by atoms with E-state index < -0.39 is 0 Å². The molecule has 0 saturated carbocycles. The molecule has 21 heavy (non-hydrogen) atoms. The first-order valence-corrected chi connectivity index (χ1v) is 8.87. The van der Waals surface area contributed by atoms with E-state index in [-0.39, 0.29) is 4.83 Å². The topological polar surface area (TPSA) is 9.23 Å². The van der Waals surface area contributed by atoms with Crippen LogP contribution >= 0.6 is 31.9 Å². The lowest BCUT2D eigenvalue weighted by atomic mass is 9.98. The van der Waals surface area contributed by atoms with Crippen LogP contribution in [0.4, 0.5) is 0 Å². The van der Waals surface area contributed by atoms with E-state index >= 15 is 0 Å². The highest BCUT2D eigenvalue weighted by Gasteiger charge is 2.15. The molecule has 0 spiro atoms. The molecule has 2 rings (SSSR count). The van der Waals surface area contributed by atoms with Crippen LogP contribution in [0.1, 0.15) is 40.4 Å². The third-order valence-electron chi connectivity index (χ3n) is 3.44. The van der Waals surface area contributed by atoms with Crippen molar-refractivity contribution in [2.24, 2.45) is 0 Å². The highest BCUT2D eigenvalue weighted by atomic mass is 79.9. The van der Waals surface area contributed by atoms with E-state index in [1.807, 2.05) is 6.07 Å². The SMILES string of the molecule is CCCOc1cccc(C(Br)c2cc(C)c(Br)cc2C)c1. The van der Waals surface area contributed by atoms with Crippen molar-refractivity contribution in [3.8, 4) is 5.75 Å². The van der Waals surface area contributed by atoms with Gasteiger partial charge in [0.2, 0.25) is 0 Å². The van der Waals surface area contributed by atoms with E-state index in [9.17, 15) is 0 Å². The van der Waals surface area contributed by atoms with Gasteiger partial charge in [-0.05, 0) is 60.7 Å². The molecule has 1 unspecified atom stereocenters. The number of ether oxygens (including phenoxy) is 1. The maximum absolute atomic E-state index is 5.73. The van der Waals surface area contributed by atoms with Gasteiger partial charge < -0.3 is 4.74 Å². The molecule has 0 amide bonds. The molecule has 1 nitrogen and oxygen atoms in total. The molecule has 1 atom stereocenters. The normalized spacial score (nSPS) is 12.2. The van der Waals surface area contributed by atoms with Crippen molar-refractivity contribution >= 4 is 31.9 Å². The van der Waals surface area contributed by atoms with Crippen LogP contribution in [0.15, 0.2) is 40.9 Å². The number of hydrogen-bond acceptors (Lipinski definition) is 1. The van der Waals surface area contributed by atoms with Gasteiger partial charge >= 0.3 is 0 Å². The number of hydrogen-bond donors (Lipinski definition) is 0. The number of rotatable bonds is 5. The smallest absolute Gasteiger partial charge is 0.119 e. The number of halogens is 2. The third-order valence-corrected chi connectivity index (χ3v) is 5.32. The van der Waals surface area contributed by atoms with Crippen molar-refractivity contribution in [2.45, 2.75) is 32.0 Å². The fourth-order valence-electron chi connectivity index (χ4n) is 2.24. The highest BCUT2D eigenvalue weighted by Crippen LogP contribution is 2.36. The zero-order valence-electron chi connectivity index (χ0n) is 12.6. The molecule has 2 aromatic carbocycles. The Morgan fingerprint density at radius 2 is 1.86 bits per heavy atom. The fraction of sp³-hybridized carbons (Fsp3) is 0.333. The quantitative estimate of drug-likeness (QED) is 0.521. The molecule has 0 bridgehead atoms. The lowest BCUT2D eigenvalue weighted by Crippen LogP contribution is -1.99. The first kappa shape index (κ1) is 16.6. The summed E-state index contributed by atoms with van der Waals surface area (Å²) in [6.45, 7) is 7.14. The summed E-state index contributed by atoms with van der Waals surface area (Å²) < 4.78 is 6.88. The van der Waals surface area contributed by atoms with Gasteiger partial charge in [-0.1, -0.05) is 57.0 Å². The summed E-state index contributed by atoms with van der Waals surface area (Å²) in [4.78, 5) is 0.175. The molecule has 0 aliphatic heterocycles. The minimum Gasteiger partial charge on any atom is -0.494 e. The third kappa shape index (κ3) is 4.10. The number of benzene rings is 2. The average molecular weight is 412 g/mol. The second kappa shape index (κ2) is 7.46. The summed E-state index contributed by atoms with van der Waals surface area (Å²) in [6, 6.07) is 12.7. The molecule has 0 aromatic heterocycles. The summed E-state index contributed by atoms with van der Waals surface area (Å²) in [6.07, 6.45) is 1.02.